The Kier molecular flexibility index (Phi) is 6.11. The van der Waals surface area contributed by atoms with Crippen molar-refractivity contribution in [2.24, 2.45) is 0 Å². The van der Waals surface area contributed by atoms with Crippen LogP contribution in [0.1, 0.15) is 24.2 Å². The average Bonchev–Trinajstić information content (AvgIpc) is 2.68. The molecule has 0 aromatic heterocycles. The van der Waals surface area contributed by atoms with Crippen LogP contribution >= 0.6 is 0 Å². The Balaban J connectivity index is 1.77. The highest BCUT2D eigenvalue weighted by molar-refractivity contribution is 6.04. The molecule has 3 rings (SSSR count). The maximum Gasteiger partial charge on any atom is 0.265 e. The number of ketones is 1. The molecule has 0 saturated carbocycles. The molecule has 1 aliphatic rings. The van der Waals surface area contributed by atoms with Crippen LogP contribution in [0.3, 0.4) is 0 Å². The lowest BCUT2D eigenvalue weighted by molar-refractivity contribution is -0.125. The molecule has 2 amide bonds. The van der Waals surface area contributed by atoms with Gasteiger partial charge in [0, 0.05) is 11.6 Å². The summed E-state index contributed by atoms with van der Waals surface area (Å²) < 4.78 is 24.3. The third-order valence-electron chi connectivity index (χ3n) is 4.17. The Morgan fingerprint density at radius 3 is 2.72 bits per heavy atom. The van der Waals surface area contributed by atoms with Crippen molar-refractivity contribution in [3.8, 4) is 11.5 Å². The average molecular weight is 400 g/mol. The minimum atomic E-state index is -0.563. The van der Waals surface area contributed by atoms with Gasteiger partial charge in [-0.05, 0) is 44.2 Å². The molecule has 0 radical (unpaired) electrons. The van der Waals surface area contributed by atoms with Gasteiger partial charge in [0.25, 0.3) is 5.91 Å². The molecule has 7 nitrogen and oxygen atoms in total. The van der Waals surface area contributed by atoms with Crippen molar-refractivity contribution in [1.82, 2.24) is 5.32 Å². The minimum Gasteiger partial charge on any atom is -0.482 e. The molecule has 2 aromatic carbocycles. The fourth-order valence-electron chi connectivity index (χ4n) is 2.85. The second-order valence-corrected chi connectivity index (χ2v) is 6.82. The molecule has 1 N–H and O–H groups in total. The van der Waals surface area contributed by atoms with Gasteiger partial charge in [0.1, 0.15) is 12.3 Å². The molecule has 0 aliphatic carbocycles. The highest BCUT2D eigenvalue weighted by Crippen LogP contribution is 2.33. The zero-order valence-electron chi connectivity index (χ0n) is 16.1. The SMILES string of the molecule is CC(C)NC(=O)CN1C(=O)COc2ccc(C(=O)COc3ccccc3F)cc21. The zero-order chi connectivity index (χ0) is 21.0. The number of carbonyl (C=O) groups is 3. The molecule has 0 saturated heterocycles. The number of nitrogens with zero attached hydrogens (tertiary/aromatic N) is 1. The smallest absolute Gasteiger partial charge is 0.265 e. The Morgan fingerprint density at radius 1 is 1.24 bits per heavy atom. The van der Waals surface area contributed by atoms with Crippen LogP contribution in [0.25, 0.3) is 0 Å². The summed E-state index contributed by atoms with van der Waals surface area (Å²) in [6.45, 7) is 2.89. The first-order valence-corrected chi connectivity index (χ1v) is 9.12. The van der Waals surface area contributed by atoms with E-state index in [1.165, 1.54) is 35.2 Å². The standard InChI is InChI=1S/C21H21FN2O5/c1-13(2)23-20(26)10-24-16-9-14(7-8-19(16)29-12-21(24)27)17(25)11-28-18-6-4-3-5-15(18)22/h3-9,13H,10-12H2,1-2H3,(H,23,26). The summed E-state index contributed by atoms with van der Waals surface area (Å²) in [5.74, 6) is -1.30. The first-order valence-electron chi connectivity index (χ1n) is 9.12. The van der Waals surface area contributed by atoms with Crippen LogP contribution in [-0.2, 0) is 9.59 Å². The van der Waals surface area contributed by atoms with Crippen LogP contribution in [0, 0.1) is 5.82 Å². The molecule has 29 heavy (non-hydrogen) atoms. The third kappa shape index (κ3) is 4.90. The van der Waals surface area contributed by atoms with Gasteiger partial charge in [0.2, 0.25) is 5.91 Å². The summed E-state index contributed by atoms with van der Waals surface area (Å²) in [6.07, 6.45) is 0. The monoisotopic (exact) mass is 400 g/mol. The number of amides is 2. The number of benzene rings is 2. The van der Waals surface area contributed by atoms with Crippen molar-refractivity contribution >= 4 is 23.3 Å². The molecule has 0 atom stereocenters. The number of anilines is 1. The van der Waals surface area contributed by atoms with Crippen LogP contribution in [0.5, 0.6) is 11.5 Å². The summed E-state index contributed by atoms with van der Waals surface area (Å²) in [7, 11) is 0. The first-order chi connectivity index (χ1) is 13.8. The number of hydrogen-bond acceptors (Lipinski definition) is 5. The van der Waals surface area contributed by atoms with E-state index in [0.717, 1.165) is 0 Å². The number of ether oxygens (including phenoxy) is 2. The van der Waals surface area contributed by atoms with Gasteiger partial charge < -0.3 is 14.8 Å². The maximum atomic E-state index is 13.6. The van der Waals surface area contributed by atoms with Crippen molar-refractivity contribution in [1.29, 1.82) is 0 Å². The number of para-hydroxylation sites is 1. The van der Waals surface area contributed by atoms with Crippen molar-refractivity contribution in [3.63, 3.8) is 0 Å². The minimum absolute atomic E-state index is 0.0238. The van der Waals surface area contributed by atoms with E-state index in [4.69, 9.17) is 9.47 Å². The predicted molar refractivity (Wildman–Crippen MR) is 104 cm³/mol. The molecule has 1 heterocycles. The molecule has 0 spiro atoms. The lowest BCUT2D eigenvalue weighted by Crippen LogP contribution is -2.46. The van der Waals surface area contributed by atoms with Gasteiger partial charge >= 0.3 is 0 Å². The molecule has 0 bridgehead atoms. The van der Waals surface area contributed by atoms with Gasteiger partial charge in [-0.3, -0.25) is 19.3 Å². The van der Waals surface area contributed by atoms with E-state index < -0.39 is 11.6 Å². The van der Waals surface area contributed by atoms with Crippen molar-refractivity contribution in [2.45, 2.75) is 19.9 Å². The van der Waals surface area contributed by atoms with Gasteiger partial charge in [-0.1, -0.05) is 12.1 Å². The summed E-state index contributed by atoms with van der Waals surface area (Å²) in [4.78, 5) is 38.2. The van der Waals surface area contributed by atoms with E-state index >= 15 is 0 Å². The van der Waals surface area contributed by atoms with Crippen LogP contribution in [-0.4, -0.2) is 43.4 Å². The highest BCUT2D eigenvalue weighted by atomic mass is 19.1. The molecule has 0 unspecified atom stereocenters. The van der Waals surface area contributed by atoms with E-state index in [1.807, 2.05) is 13.8 Å². The predicted octanol–water partition coefficient (Wildman–Crippen LogP) is 2.34. The normalized spacial score (nSPS) is 13.0. The number of rotatable bonds is 7. The first kappa shape index (κ1) is 20.3. The Hall–Kier alpha value is -3.42. The summed E-state index contributed by atoms with van der Waals surface area (Å²) >= 11 is 0. The molecular formula is C21H21FN2O5. The highest BCUT2D eigenvalue weighted by Gasteiger charge is 2.28. The van der Waals surface area contributed by atoms with E-state index in [2.05, 4.69) is 5.32 Å². The zero-order valence-corrected chi connectivity index (χ0v) is 16.1. The second-order valence-electron chi connectivity index (χ2n) is 6.82. The van der Waals surface area contributed by atoms with Crippen molar-refractivity contribution in [2.75, 3.05) is 24.7 Å². The van der Waals surface area contributed by atoms with Crippen LogP contribution in [0.2, 0.25) is 0 Å². The second kappa shape index (κ2) is 8.72. The Morgan fingerprint density at radius 2 is 2.00 bits per heavy atom. The topological polar surface area (TPSA) is 84.9 Å². The molecule has 8 heteroatoms. The Labute approximate surface area is 167 Å². The van der Waals surface area contributed by atoms with E-state index in [9.17, 15) is 18.8 Å². The van der Waals surface area contributed by atoms with Gasteiger partial charge in [0.15, 0.2) is 30.6 Å². The third-order valence-corrected chi connectivity index (χ3v) is 4.17. The number of carbonyl (C=O) groups excluding carboxylic acids is 3. The van der Waals surface area contributed by atoms with Crippen molar-refractivity contribution in [3.05, 3.63) is 53.8 Å². The number of fused-ring (bicyclic) bond motifs is 1. The van der Waals surface area contributed by atoms with Gasteiger partial charge in [-0.15, -0.1) is 0 Å². The van der Waals surface area contributed by atoms with E-state index in [-0.39, 0.29) is 48.9 Å². The quantitative estimate of drug-likeness (QED) is 0.721. The maximum absolute atomic E-state index is 13.6. The largest absolute Gasteiger partial charge is 0.482 e. The van der Waals surface area contributed by atoms with Crippen LogP contribution < -0.4 is 19.7 Å². The molecular weight excluding hydrogens is 379 g/mol. The lowest BCUT2D eigenvalue weighted by Gasteiger charge is -2.29. The van der Waals surface area contributed by atoms with Crippen LogP contribution in [0.15, 0.2) is 42.5 Å². The molecule has 2 aromatic rings. The molecule has 152 valence electrons. The summed E-state index contributed by atoms with van der Waals surface area (Å²) in [6, 6.07) is 10.3. The molecule has 1 aliphatic heterocycles. The number of nitrogens with one attached hydrogen (secondary N) is 1. The number of Topliss-reactive ketones (excluding diaryl/α,β-unsaturated/α-hetero) is 1. The van der Waals surface area contributed by atoms with E-state index in [1.54, 1.807) is 12.1 Å². The van der Waals surface area contributed by atoms with Gasteiger partial charge in [-0.25, -0.2) is 4.39 Å². The van der Waals surface area contributed by atoms with Crippen molar-refractivity contribution < 1.29 is 28.2 Å². The van der Waals surface area contributed by atoms with Crippen LogP contribution in [0.4, 0.5) is 10.1 Å². The lowest BCUT2D eigenvalue weighted by atomic mass is 10.1. The number of halogens is 1. The number of hydrogen-bond donors (Lipinski definition) is 1. The van der Waals surface area contributed by atoms with E-state index in [0.29, 0.717) is 11.4 Å². The molecule has 0 fully saturated rings. The Bertz CT molecular complexity index is 944. The fourth-order valence-corrected chi connectivity index (χ4v) is 2.85. The summed E-state index contributed by atoms with van der Waals surface area (Å²) in [5.41, 5.74) is 0.588. The van der Waals surface area contributed by atoms with Gasteiger partial charge in [-0.2, -0.15) is 0 Å². The fraction of sp³-hybridized carbons (Fsp3) is 0.286. The van der Waals surface area contributed by atoms with Gasteiger partial charge in [0.05, 0.1) is 5.69 Å². The summed E-state index contributed by atoms with van der Waals surface area (Å²) in [5, 5.41) is 2.73.